The van der Waals surface area contributed by atoms with Gasteiger partial charge >= 0.3 is 0 Å². The topological polar surface area (TPSA) is 30.7 Å². The molecule has 1 fully saturated rings. The number of rotatable bonds is 4. The molecule has 0 spiro atoms. The Bertz CT molecular complexity index is 570. The number of hydrogen-bond acceptors (Lipinski definition) is 2. The van der Waals surface area contributed by atoms with E-state index >= 15 is 0 Å². The Balaban J connectivity index is 1.96. The predicted molar refractivity (Wildman–Crippen MR) is 77.0 cm³/mol. The number of nitrogens with zero attached hydrogens (tertiary/aromatic N) is 3. The smallest absolute Gasteiger partial charge is 0.225 e. The van der Waals surface area contributed by atoms with Crippen molar-refractivity contribution >= 4 is 11.6 Å². The second kappa shape index (κ2) is 4.64. The van der Waals surface area contributed by atoms with Crippen LogP contribution in [0.25, 0.3) is 11.4 Å². The molecule has 4 heteroatoms. The summed E-state index contributed by atoms with van der Waals surface area (Å²) in [7, 11) is 0. The average molecular weight is 276 g/mol. The van der Waals surface area contributed by atoms with Gasteiger partial charge in [0.15, 0.2) is 5.82 Å². The Morgan fingerprint density at radius 3 is 2.47 bits per heavy atom. The fourth-order valence-electron chi connectivity index (χ4n) is 2.62. The highest BCUT2D eigenvalue weighted by atomic mass is 35.5. The summed E-state index contributed by atoms with van der Waals surface area (Å²) < 4.78 is 2.06. The number of hydrogen-bond donors (Lipinski definition) is 0. The van der Waals surface area contributed by atoms with Gasteiger partial charge in [-0.05, 0) is 35.8 Å². The maximum atomic E-state index is 6.22. The Hall–Kier alpha value is -1.35. The molecule has 19 heavy (non-hydrogen) atoms. The highest BCUT2D eigenvalue weighted by molar-refractivity contribution is 6.28. The van der Waals surface area contributed by atoms with Gasteiger partial charge in [-0.25, -0.2) is 0 Å². The first-order valence-corrected chi connectivity index (χ1v) is 7.14. The summed E-state index contributed by atoms with van der Waals surface area (Å²) >= 11 is 6.22. The summed E-state index contributed by atoms with van der Waals surface area (Å²) in [4.78, 5) is 0. The molecule has 0 N–H and O–H groups in total. The SMILES string of the molecule is CC(C)C1(Cn2c(Cl)nnc2-c2ccccc2)CC1. The second-order valence-corrected chi connectivity index (χ2v) is 6.10. The number of halogens is 1. The Labute approximate surface area is 118 Å². The third-order valence-corrected chi connectivity index (χ3v) is 4.61. The van der Waals surface area contributed by atoms with Crippen molar-refractivity contribution < 1.29 is 0 Å². The van der Waals surface area contributed by atoms with Crippen molar-refractivity contribution in [2.75, 3.05) is 0 Å². The van der Waals surface area contributed by atoms with Crippen LogP contribution < -0.4 is 0 Å². The van der Waals surface area contributed by atoms with Crippen LogP contribution in [0.4, 0.5) is 0 Å². The van der Waals surface area contributed by atoms with E-state index < -0.39 is 0 Å². The van der Waals surface area contributed by atoms with Gasteiger partial charge in [-0.2, -0.15) is 0 Å². The minimum atomic E-state index is 0.384. The van der Waals surface area contributed by atoms with Crippen LogP contribution in [-0.2, 0) is 6.54 Å². The van der Waals surface area contributed by atoms with Crippen LogP contribution in [0.2, 0.25) is 5.28 Å². The summed E-state index contributed by atoms with van der Waals surface area (Å²) in [6.07, 6.45) is 2.54. The van der Waals surface area contributed by atoms with Gasteiger partial charge in [0.1, 0.15) is 0 Å². The van der Waals surface area contributed by atoms with Crippen molar-refractivity contribution in [2.24, 2.45) is 11.3 Å². The van der Waals surface area contributed by atoms with Gasteiger partial charge in [-0.3, -0.25) is 4.57 Å². The zero-order chi connectivity index (χ0) is 13.5. The minimum Gasteiger partial charge on any atom is -0.297 e. The third-order valence-electron chi connectivity index (χ3n) is 4.33. The highest BCUT2D eigenvalue weighted by Crippen LogP contribution is 2.53. The number of aromatic nitrogens is 3. The van der Waals surface area contributed by atoms with Crippen LogP contribution in [0.1, 0.15) is 26.7 Å². The largest absolute Gasteiger partial charge is 0.297 e. The molecule has 2 aromatic rings. The van der Waals surface area contributed by atoms with Gasteiger partial charge in [0, 0.05) is 12.1 Å². The third kappa shape index (κ3) is 2.27. The van der Waals surface area contributed by atoms with Gasteiger partial charge in [0.05, 0.1) is 0 Å². The van der Waals surface area contributed by atoms with Crippen LogP contribution >= 0.6 is 11.6 Å². The zero-order valence-electron chi connectivity index (χ0n) is 11.3. The van der Waals surface area contributed by atoms with E-state index in [0.29, 0.717) is 16.6 Å². The van der Waals surface area contributed by atoms with Crippen LogP contribution in [0, 0.1) is 11.3 Å². The molecule has 0 radical (unpaired) electrons. The lowest BCUT2D eigenvalue weighted by Crippen LogP contribution is -2.18. The molecule has 1 aliphatic carbocycles. The number of benzene rings is 1. The summed E-state index contributed by atoms with van der Waals surface area (Å²) in [6, 6.07) is 10.1. The molecule has 0 amide bonds. The molecule has 0 bridgehead atoms. The molecule has 0 saturated heterocycles. The fourth-order valence-corrected chi connectivity index (χ4v) is 2.80. The van der Waals surface area contributed by atoms with Crippen molar-refractivity contribution in [3.8, 4) is 11.4 Å². The maximum absolute atomic E-state index is 6.22. The van der Waals surface area contributed by atoms with Gasteiger partial charge in [-0.15, -0.1) is 10.2 Å². The lowest BCUT2D eigenvalue weighted by atomic mass is 9.92. The lowest BCUT2D eigenvalue weighted by Gasteiger charge is -2.21. The van der Waals surface area contributed by atoms with E-state index in [1.807, 2.05) is 30.3 Å². The van der Waals surface area contributed by atoms with E-state index in [-0.39, 0.29) is 0 Å². The van der Waals surface area contributed by atoms with Crippen molar-refractivity contribution in [3.05, 3.63) is 35.6 Å². The minimum absolute atomic E-state index is 0.384. The van der Waals surface area contributed by atoms with E-state index in [9.17, 15) is 0 Å². The Kier molecular flexibility index (Phi) is 3.09. The first kappa shape index (κ1) is 12.7. The highest BCUT2D eigenvalue weighted by Gasteiger charge is 2.46. The van der Waals surface area contributed by atoms with E-state index in [1.54, 1.807) is 0 Å². The fraction of sp³-hybridized carbons (Fsp3) is 0.467. The molecular weight excluding hydrogens is 258 g/mol. The van der Waals surface area contributed by atoms with Crippen LogP contribution in [-0.4, -0.2) is 14.8 Å². The van der Waals surface area contributed by atoms with Gasteiger partial charge < -0.3 is 0 Å². The van der Waals surface area contributed by atoms with Gasteiger partial charge in [-0.1, -0.05) is 44.2 Å². The Morgan fingerprint density at radius 1 is 1.21 bits per heavy atom. The molecule has 1 aromatic heterocycles. The van der Waals surface area contributed by atoms with Crippen molar-refractivity contribution in [3.63, 3.8) is 0 Å². The van der Waals surface area contributed by atoms with Gasteiger partial charge in [0.2, 0.25) is 5.28 Å². The molecule has 1 aromatic carbocycles. The molecule has 0 atom stereocenters. The summed E-state index contributed by atoms with van der Waals surface area (Å²) in [5, 5.41) is 8.77. The Morgan fingerprint density at radius 2 is 1.89 bits per heavy atom. The van der Waals surface area contributed by atoms with E-state index in [4.69, 9.17) is 11.6 Å². The molecule has 1 saturated carbocycles. The van der Waals surface area contributed by atoms with Crippen LogP contribution in [0.3, 0.4) is 0 Å². The summed E-state index contributed by atoms with van der Waals surface area (Å²) in [6.45, 7) is 5.49. The van der Waals surface area contributed by atoms with Crippen molar-refractivity contribution in [1.29, 1.82) is 0 Å². The average Bonchev–Trinajstić information content (AvgIpc) is 3.11. The maximum Gasteiger partial charge on any atom is 0.225 e. The summed E-state index contributed by atoms with van der Waals surface area (Å²) in [5.41, 5.74) is 1.46. The van der Waals surface area contributed by atoms with E-state index in [0.717, 1.165) is 17.9 Å². The summed E-state index contributed by atoms with van der Waals surface area (Å²) in [5.74, 6) is 1.53. The van der Waals surface area contributed by atoms with Crippen molar-refractivity contribution in [1.82, 2.24) is 14.8 Å². The predicted octanol–water partition coefficient (Wildman–Crippen LogP) is 4.03. The molecule has 100 valence electrons. The van der Waals surface area contributed by atoms with Crippen molar-refractivity contribution in [2.45, 2.75) is 33.2 Å². The normalized spacial score (nSPS) is 16.8. The van der Waals surface area contributed by atoms with Gasteiger partial charge in [0.25, 0.3) is 0 Å². The monoisotopic (exact) mass is 275 g/mol. The van der Waals surface area contributed by atoms with E-state index in [2.05, 4.69) is 28.6 Å². The quantitative estimate of drug-likeness (QED) is 0.843. The molecule has 1 aliphatic rings. The second-order valence-electron chi connectivity index (χ2n) is 5.76. The molecule has 0 aliphatic heterocycles. The molecular formula is C15H18ClN3. The standard InChI is InChI=1S/C15H18ClN3/c1-11(2)15(8-9-15)10-19-13(17-18-14(19)16)12-6-4-3-5-7-12/h3-7,11H,8-10H2,1-2H3. The molecule has 3 nitrogen and oxygen atoms in total. The molecule has 0 unspecified atom stereocenters. The lowest BCUT2D eigenvalue weighted by molar-refractivity contribution is 0.310. The first-order chi connectivity index (χ1) is 9.12. The van der Waals surface area contributed by atoms with Crippen LogP contribution in [0.5, 0.6) is 0 Å². The molecule has 3 rings (SSSR count). The first-order valence-electron chi connectivity index (χ1n) is 6.76. The van der Waals surface area contributed by atoms with E-state index in [1.165, 1.54) is 12.8 Å². The molecule has 1 heterocycles. The van der Waals surface area contributed by atoms with Crippen LogP contribution in [0.15, 0.2) is 30.3 Å². The zero-order valence-corrected chi connectivity index (χ0v) is 12.1.